The monoisotopic (exact) mass is 459 g/mol. The number of hydrogen-bond acceptors (Lipinski definition) is 7. The molecule has 34 heavy (non-hydrogen) atoms. The molecule has 0 radical (unpaired) electrons. The summed E-state index contributed by atoms with van der Waals surface area (Å²) in [7, 11) is 4.41. The van der Waals surface area contributed by atoms with Crippen molar-refractivity contribution < 1.29 is 19.1 Å². The van der Waals surface area contributed by atoms with Crippen molar-refractivity contribution in [1.82, 2.24) is 9.13 Å². The van der Waals surface area contributed by atoms with Crippen molar-refractivity contribution in [2.75, 3.05) is 12.4 Å². The molecular weight excluding hydrogens is 438 g/mol. The lowest BCUT2D eigenvalue weighted by Gasteiger charge is -2.30. The number of nitrogens with one attached hydrogen (secondary N) is 1. The lowest BCUT2D eigenvalue weighted by Crippen LogP contribution is -2.42. The van der Waals surface area contributed by atoms with E-state index < -0.39 is 23.1 Å². The van der Waals surface area contributed by atoms with Crippen LogP contribution in [0, 0.1) is 0 Å². The number of ether oxygens (including phenoxy) is 2. The molecule has 2 heterocycles. The molecule has 1 aliphatic carbocycles. The minimum Gasteiger partial charge on any atom is -0.493 e. The zero-order valence-electron chi connectivity index (χ0n) is 19.0. The highest BCUT2D eigenvalue weighted by Gasteiger charge is 2.42. The molecule has 0 saturated carbocycles. The zero-order valence-corrected chi connectivity index (χ0v) is 19.0. The van der Waals surface area contributed by atoms with E-state index in [0.29, 0.717) is 33.8 Å². The molecule has 9 heteroatoms. The van der Waals surface area contributed by atoms with Gasteiger partial charge in [0.25, 0.3) is 5.56 Å². The number of aromatic nitrogens is 2. The molecule has 1 atom stereocenters. The van der Waals surface area contributed by atoms with Crippen LogP contribution in [0.15, 0.2) is 57.6 Å². The fourth-order valence-corrected chi connectivity index (χ4v) is 4.69. The molecule has 0 unspecified atom stereocenters. The number of benzene rings is 2. The molecule has 0 bridgehead atoms. The van der Waals surface area contributed by atoms with Gasteiger partial charge in [-0.1, -0.05) is 30.3 Å². The summed E-state index contributed by atoms with van der Waals surface area (Å²) in [6.45, 7) is 1.28. The topological polar surface area (TPSA) is 109 Å². The fraction of sp³-hybridized carbons (Fsp3) is 0.200. The molecule has 2 aromatic carbocycles. The summed E-state index contributed by atoms with van der Waals surface area (Å²) in [5, 5.41) is 3.20. The average Bonchev–Trinajstić information content (AvgIpc) is 3.12. The Bertz CT molecular complexity index is 1560. The predicted molar refractivity (Wildman–Crippen MR) is 124 cm³/mol. The number of esters is 1. The number of hydrogen-bond donors (Lipinski definition) is 1. The number of anilines is 1. The first-order valence-corrected chi connectivity index (χ1v) is 10.6. The van der Waals surface area contributed by atoms with Crippen LogP contribution in [-0.2, 0) is 18.9 Å². The van der Waals surface area contributed by atoms with Crippen LogP contribution in [0.5, 0.6) is 11.5 Å². The summed E-state index contributed by atoms with van der Waals surface area (Å²) >= 11 is 0. The van der Waals surface area contributed by atoms with E-state index in [-0.39, 0.29) is 22.8 Å². The maximum Gasteiger partial charge on any atom is 0.332 e. The van der Waals surface area contributed by atoms with Crippen molar-refractivity contribution in [2.24, 2.45) is 14.1 Å². The van der Waals surface area contributed by atoms with Gasteiger partial charge in [-0.3, -0.25) is 23.5 Å². The Balaban J connectivity index is 1.83. The number of carbonyl (C=O) groups is 2. The molecule has 1 N–H and O–H groups in total. The van der Waals surface area contributed by atoms with Crippen LogP contribution in [0.1, 0.15) is 39.9 Å². The molecule has 2 aliphatic rings. The number of fused-ring (bicyclic) bond motifs is 3. The van der Waals surface area contributed by atoms with Gasteiger partial charge in [-0.25, -0.2) is 4.79 Å². The summed E-state index contributed by atoms with van der Waals surface area (Å²) in [6.07, 6.45) is 0. The van der Waals surface area contributed by atoms with Gasteiger partial charge in [0.15, 0.2) is 17.3 Å². The van der Waals surface area contributed by atoms with Gasteiger partial charge in [0, 0.05) is 43.6 Å². The van der Waals surface area contributed by atoms with E-state index in [2.05, 4.69) is 5.32 Å². The molecule has 0 fully saturated rings. The van der Waals surface area contributed by atoms with Crippen molar-refractivity contribution in [3.63, 3.8) is 0 Å². The summed E-state index contributed by atoms with van der Waals surface area (Å²) in [5.41, 5.74) is 2.05. The minimum absolute atomic E-state index is 0.201. The Morgan fingerprint density at radius 2 is 1.68 bits per heavy atom. The number of rotatable bonds is 3. The van der Waals surface area contributed by atoms with Crippen molar-refractivity contribution in [3.8, 4) is 11.5 Å². The minimum atomic E-state index is -0.781. The van der Waals surface area contributed by atoms with Crippen molar-refractivity contribution in [1.29, 1.82) is 0 Å². The zero-order chi connectivity index (χ0) is 24.3. The first kappa shape index (κ1) is 21.4. The number of methoxy groups -OCH3 is 1. The van der Waals surface area contributed by atoms with Crippen LogP contribution in [0.4, 0.5) is 5.82 Å². The van der Waals surface area contributed by atoms with Gasteiger partial charge in [0.1, 0.15) is 5.82 Å². The highest BCUT2D eigenvalue weighted by Crippen LogP contribution is 2.48. The molecule has 0 spiro atoms. The van der Waals surface area contributed by atoms with Crippen LogP contribution in [0.25, 0.3) is 5.70 Å². The van der Waals surface area contributed by atoms with Gasteiger partial charge >= 0.3 is 11.7 Å². The Kier molecular flexibility index (Phi) is 4.78. The van der Waals surface area contributed by atoms with Crippen LogP contribution >= 0.6 is 0 Å². The third-order valence-electron chi connectivity index (χ3n) is 6.25. The van der Waals surface area contributed by atoms with E-state index in [1.165, 1.54) is 25.6 Å². The van der Waals surface area contributed by atoms with Crippen molar-refractivity contribution >= 4 is 23.3 Å². The van der Waals surface area contributed by atoms with Gasteiger partial charge in [-0.05, 0) is 17.7 Å². The normalized spacial score (nSPS) is 15.9. The Morgan fingerprint density at radius 1 is 0.971 bits per heavy atom. The highest BCUT2D eigenvalue weighted by molar-refractivity contribution is 6.23. The molecule has 1 aromatic heterocycles. The maximum absolute atomic E-state index is 13.6. The molecular formula is C25H21N3O6. The Hall–Kier alpha value is -4.40. The van der Waals surface area contributed by atoms with E-state index >= 15 is 0 Å². The first-order valence-electron chi connectivity index (χ1n) is 10.6. The van der Waals surface area contributed by atoms with Crippen LogP contribution in [0.2, 0.25) is 0 Å². The number of Topliss-reactive ketones (excluding diaryl/α,β-unsaturated/α-hetero) is 1. The van der Waals surface area contributed by atoms with Gasteiger partial charge in [-0.15, -0.1) is 0 Å². The van der Waals surface area contributed by atoms with E-state index in [1.54, 1.807) is 37.4 Å². The van der Waals surface area contributed by atoms with Crippen molar-refractivity contribution in [2.45, 2.75) is 12.8 Å². The second kappa shape index (κ2) is 7.58. The van der Waals surface area contributed by atoms with Gasteiger partial charge in [-0.2, -0.15) is 0 Å². The second-order valence-corrected chi connectivity index (χ2v) is 8.19. The third kappa shape index (κ3) is 2.93. The largest absolute Gasteiger partial charge is 0.493 e. The Morgan fingerprint density at radius 3 is 2.35 bits per heavy atom. The van der Waals surface area contributed by atoms with E-state index in [9.17, 15) is 19.2 Å². The van der Waals surface area contributed by atoms with Gasteiger partial charge in [0.2, 0.25) is 0 Å². The van der Waals surface area contributed by atoms with Gasteiger partial charge < -0.3 is 14.8 Å². The van der Waals surface area contributed by atoms with E-state index in [4.69, 9.17) is 9.47 Å². The Labute approximate surface area is 193 Å². The van der Waals surface area contributed by atoms with E-state index in [1.807, 2.05) is 12.1 Å². The molecule has 172 valence electrons. The van der Waals surface area contributed by atoms with Crippen LogP contribution in [0.3, 0.4) is 0 Å². The summed E-state index contributed by atoms with van der Waals surface area (Å²) in [6, 6.07) is 12.1. The number of carbonyl (C=O) groups excluding carboxylic acids is 2. The third-order valence-corrected chi connectivity index (χ3v) is 6.25. The lowest BCUT2D eigenvalue weighted by atomic mass is 9.81. The first-order chi connectivity index (χ1) is 16.2. The SMILES string of the molecule is COc1cc([C@@H]2C3=C(Nc4c2c(=O)n(C)c(=O)n4C)c2ccccc2C3=O)ccc1OC(C)=O. The number of allylic oxidation sites excluding steroid dienone is 1. The molecule has 9 nitrogen and oxygen atoms in total. The predicted octanol–water partition coefficient (Wildman–Crippen LogP) is 2.18. The van der Waals surface area contributed by atoms with Gasteiger partial charge in [0.05, 0.1) is 18.4 Å². The molecule has 0 saturated heterocycles. The number of ketones is 1. The lowest BCUT2D eigenvalue weighted by molar-refractivity contribution is -0.132. The quantitative estimate of drug-likeness (QED) is 0.472. The number of nitrogens with zero attached hydrogens (tertiary/aromatic N) is 2. The van der Waals surface area contributed by atoms with E-state index in [0.717, 1.165) is 4.57 Å². The second-order valence-electron chi connectivity index (χ2n) is 8.19. The molecule has 1 aliphatic heterocycles. The standard InChI is InChI=1S/C25H21N3O6/c1-12(29)34-16-10-9-13(11-17(16)33-4)18-19-21(14-7-5-6-8-15(14)22(19)30)26-23-20(18)24(31)28(3)25(32)27(23)2/h5-11,18,26H,1-4H3/t18-/m1/s1. The van der Waals surface area contributed by atoms with Crippen LogP contribution in [-0.4, -0.2) is 28.0 Å². The molecule has 0 amide bonds. The smallest absolute Gasteiger partial charge is 0.332 e. The van der Waals surface area contributed by atoms with Crippen LogP contribution < -0.4 is 26.0 Å². The average molecular weight is 459 g/mol. The van der Waals surface area contributed by atoms with Crippen molar-refractivity contribution in [3.05, 3.63) is 91.1 Å². The maximum atomic E-state index is 13.6. The highest BCUT2D eigenvalue weighted by atomic mass is 16.6. The summed E-state index contributed by atoms with van der Waals surface area (Å²) in [5.74, 6) is -0.668. The molecule has 3 aromatic rings. The summed E-state index contributed by atoms with van der Waals surface area (Å²) in [4.78, 5) is 51.1. The fourth-order valence-electron chi connectivity index (χ4n) is 4.69. The molecule has 5 rings (SSSR count). The summed E-state index contributed by atoms with van der Waals surface area (Å²) < 4.78 is 13.0.